The largest absolute Gasteiger partial charge is 0.490 e. The Morgan fingerprint density at radius 2 is 1.71 bits per heavy atom. The zero-order chi connectivity index (χ0) is 25.3. The van der Waals surface area contributed by atoms with E-state index in [0.29, 0.717) is 28.1 Å². The number of carbonyl (C=O) groups excluding carboxylic acids is 1. The van der Waals surface area contributed by atoms with E-state index in [-0.39, 0.29) is 12.5 Å². The average Bonchev–Trinajstić information content (AvgIpc) is 3.12. The van der Waals surface area contributed by atoms with Gasteiger partial charge in [-0.25, -0.2) is 4.79 Å². The molecule has 0 aliphatic carbocycles. The molecule has 0 radical (unpaired) electrons. The van der Waals surface area contributed by atoms with Crippen LogP contribution in [0, 0.1) is 5.92 Å². The van der Waals surface area contributed by atoms with Crippen LogP contribution in [0.2, 0.25) is 0 Å². The van der Waals surface area contributed by atoms with Gasteiger partial charge in [0.05, 0.1) is 17.3 Å². The van der Waals surface area contributed by atoms with Gasteiger partial charge in [-0.15, -0.1) is 0 Å². The van der Waals surface area contributed by atoms with E-state index >= 15 is 0 Å². The first kappa shape index (κ1) is 25.0. The molecule has 0 unspecified atom stereocenters. The second-order valence-corrected chi connectivity index (χ2v) is 7.72. The zero-order valence-electron chi connectivity index (χ0n) is 17.6. The third-order valence-corrected chi connectivity index (χ3v) is 4.96. The lowest BCUT2D eigenvalue weighted by atomic mass is 10.0. The number of hydrogen-bond donors (Lipinski definition) is 1. The van der Waals surface area contributed by atoms with Crippen LogP contribution in [0.5, 0.6) is 0 Å². The maximum absolute atomic E-state index is 13.0. The molecule has 1 fully saturated rings. The van der Waals surface area contributed by atoms with Gasteiger partial charge in [0.2, 0.25) is 5.91 Å². The molecule has 1 aromatic carbocycles. The number of rotatable bonds is 3. The summed E-state index contributed by atoms with van der Waals surface area (Å²) in [6, 6.07) is 6.82. The first-order valence-electron chi connectivity index (χ1n) is 9.83. The highest BCUT2D eigenvalue weighted by molar-refractivity contribution is 5.83. The minimum Gasteiger partial charge on any atom is -0.475 e. The highest BCUT2D eigenvalue weighted by Crippen LogP contribution is 2.32. The SMILES string of the molecule is CC1CN(C(=O)Cn2ncc3ncc(-c4cccc(C(F)(F)F)c4)cc32)C1.O=C(O)C(F)(F)F. The number of carbonyl (C=O) groups is 2. The molecule has 0 saturated carbocycles. The smallest absolute Gasteiger partial charge is 0.475 e. The Morgan fingerprint density at radius 3 is 2.26 bits per heavy atom. The number of aliphatic carboxylic acids is 1. The molecule has 3 aromatic rings. The summed E-state index contributed by atoms with van der Waals surface area (Å²) in [5.41, 5.74) is 1.45. The highest BCUT2D eigenvalue weighted by Gasteiger charge is 2.38. The molecule has 0 bridgehead atoms. The van der Waals surface area contributed by atoms with Gasteiger partial charge in [0, 0.05) is 24.8 Å². The fourth-order valence-corrected chi connectivity index (χ4v) is 3.25. The van der Waals surface area contributed by atoms with E-state index < -0.39 is 23.9 Å². The number of pyridine rings is 1. The van der Waals surface area contributed by atoms with Crippen LogP contribution in [-0.4, -0.2) is 55.9 Å². The van der Waals surface area contributed by atoms with Crippen LogP contribution in [-0.2, 0) is 22.3 Å². The van der Waals surface area contributed by atoms with Crippen molar-refractivity contribution < 1.29 is 41.0 Å². The lowest BCUT2D eigenvalue weighted by molar-refractivity contribution is -0.192. The van der Waals surface area contributed by atoms with Crippen molar-refractivity contribution in [3.63, 3.8) is 0 Å². The number of nitrogens with zero attached hydrogens (tertiary/aromatic N) is 4. The molecule has 0 atom stereocenters. The molecule has 4 rings (SSSR count). The third kappa shape index (κ3) is 5.83. The Hall–Kier alpha value is -3.64. The molecule has 1 aliphatic heterocycles. The van der Waals surface area contributed by atoms with Crippen LogP contribution in [0.3, 0.4) is 0 Å². The molecule has 182 valence electrons. The number of likely N-dealkylation sites (tertiary alicyclic amines) is 1. The molecule has 3 heterocycles. The van der Waals surface area contributed by atoms with E-state index in [1.54, 1.807) is 27.9 Å². The molecule has 0 spiro atoms. The van der Waals surface area contributed by atoms with E-state index in [0.717, 1.165) is 25.2 Å². The van der Waals surface area contributed by atoms with Gasteiger partial charge in [0.1, 0.15) is 12.1 Å². The van der Waals surface area contributed by atoms with Crippen molar-refractivity contribution in [2.75, 3.05) is 13.1 Å². The molecule has 7 nitrogen and oxygen atoms in total. The fourth-order valence-electron chi connectivity index (χ4n) is 3.25. The van der Waals surface area contributed by atoms with Crippen LogP contribution < -0.4 is 0 Å². The molecular weight excluding hydrogens is 470 g/mol. The highest BCUT2D eigenvalue weighted by atomic mass is 19.4. The summed E-state index contributed by atoms with van der Waals surface area (Å²) in [7, 11) is 0. The number of benzene rings is 1. The summed E-state index contributed by atoms with van der Waals surface area (Å²) in [5.74, 6) is -2.27. The summed E-state index contributed by atoms with van der Waals surface area (Å²) in [4.78, 5) is 27.3. The van der Waals surface area contributed by atoms with E-state index in [1.807, 2.05) is 0 Å². The normalized spacial score (nSPS) is 14.4. The van der Waals surface area contributed by atoms with Gasteiger partial charge >= 0.3 is 18.3 Å². The topological polar surface area (TPSA) is 88.3 Å². The maximum atomic E-state index is 13.0. The van der Waals surface area contributed by atoms with Crippen LogP contribution in [0.1, 0.15) is 12.5 Å². The molecule has 1 saturated heterocycles. The Kier molecular flexibility index (Phi) is 6.84. The monoisotopic (exact) mass is 488 g/mol. The molecule has 13 heteroatoms. The van der Waals surface area contributed by atoms with Gasteiger partial charge in [0.15, 0.2) is 0 Å². The molecule has 1 aliphatic rings. The Morgan fingerprint density at radius 1 is 1.06 bits per heavy atom. The number of amides is 1. The van der Waals surface area contributed by atoms with Crippen LogP contribution in [0.15, 0.2) is 42.7 Å². The van der Waals surface area contributed by atoms with E-state index in [4.69, 9.17) is 9.90 Å². The van der Waals surface area contributed by atoms with Crippen LogP contribution >= 0.6 is 0 Å². The predicted octanol–water partition coefficient (Wildman–Crippen LogP) is 4.23. The van der Waals surface area contributed by atoms with Crippen LogP contribution in [0.25, 0.3) is 22.2 Å². The Balaban J connectivity index is 0.000000406. The molecular formula is C21H18F6N4O3. The quantitative estimate of drug-likeness (QED) is 0.558. The molecule has 1 N–H and O–H groups in total. The van der Waals surface area contributed by atoms with Gasteiger partial charge in [-0.2, -0.15) is 31.4 Å². The number of hydrogen-bond acceptors (Lipinski definition) is 4. The van der Waals surface area contributed by atoms with Gasteiger partial charge in [0.25, 0.3) is 0 Å². The molecule has 34 heavy (non-hydrogen) atoms. The summed E-state index contributed by atoms with van der Waals surface area (Å²) < 4.78 is 72.2. The summed E-state index contributed by atoms with van der Waals surface area (Å²) in [6.07, 6.45) is -6.42. The number of aromatic nitrogens is 3. The van der Waals surface area contributed by atoms with Crippen molar-refractivity contribution in [2.45, 2.75) is 25.8 Å². The second-order valence-electron chi connectivity index (χ2n) is 7.72. The number of carboxylic acids is 1. The maximum Gasteiger partial charge on any atom is 0.490 e. The minimum atomic E-state index is -5.08. The van der Waals surface area contributed by atoms with Crippen molar-refractivity contribution in [3.8, 4) is 11.1 Å². The van der Waals surface area contributed by atoms with E-state index in [1.165, 1.54) is 12.3 Å². The summed E-state index contributed by atoms with van der Waals surface area (Å²) in [6.45, 7) is 3.65. The standard InChI is InChI=1S/C19H17F3N4O.C2HF3O2/c1-12-9-25(10-12)18(27)11-26-17-6-14(7-23-16(17)8-24-26)13-3-2-4-15(5-13)19(20,21)22;3-2(4,5)1(6)7/h2-8,12H,9-11H2,1H3;(H,6,7). The molecule has 1 amide bonds. The first-order valence-corrected chi connectivity index (χ1v) is 9.83. The number of fused-ring (bicyclic) bond motifs is 1. The molecule has 2 aromatic heterocycles. The van der Waals surface area contributed by atoms with Crippen molar-refractivity contribution in [2.24, 2.45) is 5.92 Å². The second kappa shape index (κ2) is 9.31. The van der Waals surface area contributed by atoms with E-state index in [2.05, 4.69) is 17.0 Å². The number of halogens is 6. The van der Waals surface area contributed by atoms with Crippen molar-refractivity contribution in [1.82, 2.24) is 19.7 Å². The lowest BCUT2D eigenvalue weighted by Crippen LogP contribution is -2.49. The van der Waals surface area contributed by atoms with Gasteiger partial charge in [-0.1, -0.05) is 19.1 Å². The lowest BCUT2D eigenvalue weighted by Gasteiger charge is -2.37. The van der Waals surface area contributed by atoms with Gasteiger partial charge in [-0.05, 0) is 29.7 Å². The summed E-state index contributed by atoms with van der Waals surface area (Å²) in [5, 5.41) is 11.3. The fraction of sp³-hybridized carbons (Fsp3) is 0.333. The number of alkyl halides is 6. The average molecular weight is 488 g/mol. The zero-order valence-corrected chi connectivity index (χ0v) is 17.6. The van der Waals surface area contributed by atoms with Crippen LogP contribution in [0.4, 0.5) is 26.3 Å². The van der Waals surface area contributed by atoms with E-state index in [9.17, 15) is 31.1 Å². The summed E-state index contributed by atoms with van der Waals surface area (Å²) >= 11 is 0. The van der Waals surface area contributed by atoms with Gasteiger partial charge < -0.3 is 10.0 Å². The minimum absolute atomic E-state index is 0.0254. The first-order chi connectivity index (χ1) is 15.8. The predicted molar refractivity (Wildman–Crippen MR) is 107 cm³/mol. The Bertz CT molecular complexity index is 1200. The van der Waals surface area contributed by atoms with Crippen molar-refractivity contribution in [1.29, 1.82) is 0 Å². The van der Waals surface area contributed by atoms with Crippen molar-refractivity contribution in [3.05, 3.63) is 48.3 Å². The van der Waals surface area contributed by atoms with Crippen molar-refractivity contribution >= 4 is 22.9 Å². The van der Waals surface area contributed by atoms with Gasteiger partial charge in [-0.3, -0.25) is 14.5 Å². The Labute approximate surface area is 188 Å². The third-order valence-electron chi connectivity index (χ3n) is 4.96. The number of carboxylic acid groups (broad SMARTS) is 1.